The van der Waals surface area contributed by atoms with Crippen LogP contribution in [0, 0.1) is 12.7 Å². The summed E-state index contributed by atoms with van der Waals surface area (Å²) >= 11 is 0. The number of para-hydroxylation sites is 1. The van der Waals surface area contributed by atoms with Gasteiger partial charge in [-0.25, -0.2) is 4.39 Å². The Balaban J connectivity index is 1.84. The maximum absolute atomic E-state index is 13.7. The van der Waals surface area contributed by atoms with Crippen LogP contribution in [-0.2, 0) is 13.6 Å². The lowest BCUT2D eigenvalue weighted by molar-refractivity contribution is 0.0924. The first-order valence-electron chi connectivity index (χ1n) is 6.49. The van der Waals surface area contributed by atoms with Crippen molar-refractivity contribution in [3.63, 3.8) is 0 Å². The Morgan fingerprint density at radius 1 is 1.48 bits per heavy atom. The number of aromatic nitrogens is 2. The third-order valence-electron chi connectivity index (χ3n) is 3.33. The number of carbonyl (C=O) groups is 1. The maximum atomic E-state index is 13.7. The lowest BCUT2D eigenvalue weighted by atomic mass is 10.1. The van der Waals surface area contributed by atoms with Crippen molar-refractivity contribution in [2.24, 2.45) is 7.05 Å². The van der Waals surface area contributed by atoms with Crippen molar-refractivity contribution in [3.05, 3.63) is 53.3 Å². The molecule has 2 heterocycles. The molecule has 0 unspecified atom stereocenters. The van der Waals surface area contributed by atoms with Gasteiger partial charge in [0.1, 0.15) is 0 Å². The lowest BCUT2D eigenvalue weighted by Gasteiger charge is -2.01. The van der Waals surface area contributed by atoms with E-state index in [2.05, 4.69) is 10.4 Å². The Morgan fingerprint density at radius 2 is 2.29 bits per heavy atom. The predicted octanol–water partition coefficient (Wildman–Crippen LogP) is 2.54. The van der Waals surface area contributed by atoms with Gasteiger partial charge in [-0.2, -0.15) is 5.10 Å². The van der Waals surface area contributed by atoms with Crippen LogP contribution >= 0.6 is 0 Å². The third-order valence-corrected chi connectivity index (χ3v) is 3.33. The van der Waals surface area contributed by atoms with Crippen molar-refractivity contribution in [1.29, 1.82) is 0 Å². The van der Waals surface area contributed by atoms with Crippen molar-refractivity contribution in [3.8, 4) is 0 Å². The van der Waals surface area contributed by atoms with E-state index >= 15 is 0 Å². The molecule has 3 rings (SSSR count). The van der Waals surface area contributed by atoms with Crippen LogP contribution in [0.15, 0.2) is 35.0 Å². The average Bonchev–Trinajstić information content (AvgIpc) is 3.02. The van der Waals surface area contributed by atoms with Crippen molar-refractivity contribution in [2.75, 3.05) is 0 Å². The minimum Gasteiger partial charge on any atom is -0.448 e. The van der Waals surface area contributed by atoms with Crippen LogP contribution in [-0.4, -0.2) is 15.7 Å². The van der Waals surface area contributed by atoms with E-state index in [0.29, 0.717) is 17.5 Å². The van der Waals surface area contributed by atoms with E-state index in [1.165, 1.54) is 6.07 Å². The van der Waals surface area contributed by atoms with Crippen molar-refractivity contribution in [1.82, 2.24) is 15.1 Å². The predicted molar refractivity (Wildman–Crippen MR) is 75.3 cm³/mol. The zero-order chi connectivity index (χ0) is 15.0. The number of benzene rings is 1. The maximum Gasteiger partial charge on any atom is 0.287 e. The summed E-state index contributed by atoms with van der Waals surface area (Å²) in [7, 11) is 1.80. The zero-order valence-corrected chi connectivity index (χ0v) is 11.7. The molecule has 0 aliphatic rings. The minimum absolute atomic E-state index is 0.113. The van der Waals surface area contributed by atoms with Crippen LogP contribution < -0.4 is 5.32 Å². The molecular weight excluding hydrogens is 273 g/mol. The van der Waals surface area contributed by atoms with Crippen LogP contribution in [0.4, 0.5) is 4.39 Å². The Kier molecular flexibility index (Phi) is 3.21. The largest absolute Gasteiger partial charge is 0.448 e. The molecule has 0 saturated carbocycles. The normalized spacial score (nSPS) is 11.0. The number of rotatable bonds is 3. The van der Waals surface area contributed by atoms with E-state index in [4.69, 9.17) is 4.42 Å². The first-order valence-corrected chi connectivity index (χ1v) is 6.49. The Bertz CT molecular complexity index is 820. The molecule has 0 aliphatic carbocycles. The van der Waals surface area contributed by atoms with Crippen molar-refractivity contribution >= 4 is 16.9 Å². The molecule has 0 atom stereocenters. The Labute approximate surface area is 120 Å². The van der Waals surface area contributed by atoms with Crippen molar-refractivity contribution in [2.45, 2.75) is 13.5 Å². The van der Waals surface area contributed by atoms with Gasteiger partial charge >= 0.3 is 0 Å². The van der Waals surface area contributed by atoms with Gasteiger partial charge in [0, 0.05) is 36.3 Å². The summed E-state index contributed by atoms with van der Waals surface area (Å²) in [5.74, 6) is -0.701. The molecule has 0 aliphatic heterocycles. The van der Waals surface area contributed by atoms with E-state index in [1.807, 2.05) is 6.20 Å². The van der Waals surface area contributed by atoms with Gasteiger partial charge in [0.05, 0.1) is 6.20 Å². The van der Waals surface area contributed by atoms with Gasteiger partial charge in [-0.05, 0) is 13.0 Å². The molecule has 6 heteroatoms. The molecule has 0 fully saturated rings. The van der Waals surface area contributed by atoms with E-state index in [-0.39, 0.29) is 17.3 Å². The standard InChI is InChI=1S/C15H14FN3O2/c1-9-11-4-3-5-12(16)14(11)21-13(9)15(20)17-6-10-7-18-19(2)8-10/h3-5,7-8H,6H2,1-2H3,(H,17,20). The zero-order valence-electron chi connectivity index (χ0n) is 11.7. The molecule has 3 aromatic rings. The lowest BCUT2D eigenvalue weighted by Crippen LogP contribution is -2.22. The average molecular weight is 287 g/mol. The number of halogens is 1. The summed E-state index contributed by atoms with van der Waals surface area (Å²) < 4.78 is 20.7. The molecule has 2 aromatic heterocycles. The van der Waals surface area contributed by atoms with Crippen LogP contribution in [0.1, 0.15) is 21.7 Å². The number of nitrogens with zero attached hydrogens (tertiary/aromatic N) is 2. The minimum atomic E-state index is -0.470. The smallest absolute Gasteiger partial charge is 0.287 e. The molecule has 5 nitrogen and oxygen atoms in total. The molecule has 0 spiro atoms. The highest BCUT2D eigenvalue weighted by Gasteiger charge is 2.19. The quantitative estimate of drug-likeness (QED) is 0.805. The molecule has 0 radical (unpaired) electrons. The van der Waals surface area contributed by atoms with Crippen LogP contribution in [0.3, 0.4) is 0 Å². The van der Waals surface area contributed by atoms with Gasteiger partial charge in [-0.15, -0.1) is 0 Å². The summed E-state index contributed by atoms with van der Waals surface area (Å²) in [5, 5.41) is 7.38. The summed E-state index contributed by atoms with van der Waals surface area (Å²) in [5.41, 5.74) is 1.63. The fourth-order valence-corrected chi connectivity index (χ4v) is 2.25. The molecule has 0 bridgehead atoms. The highest BCUT2D eigenvalue weighted by Crippen LogP contribution is 2.27. The summed E-state index contributed by atoms with van der Waals surface area (Å²) in [4.78, 5) is 12.2. The van der Waals surface area contributed by atoms with E-state index in [0.717, 1.165) is 5.56 Å². The first-order chi connectivity index (χ1) is 10.1. The van der Waals surface area contributed by atoms with Crippen LogP contribution in [0.5, 0.6) is 0 Å². The SMILES string of the molecule is Cc1c(C(=O)NCc2cnn(C)c2)oc2c(F)cccc12. The fourth-order valence-electron chi connectivity index (χ4n) is 2.25. The molecule has 1 amide bonds. The van der Waals surface area contributed by atoms with E-state index in [9.17, 15) is 9.18 Å². The van der Waals surface area contributed by atoms with Crippen LogP contribution in [0.25, 0.3) is 11.0 Å². The number of hydrogen-bond donors (Lipinski definition) is 1. The van der Waals surface area contributed by atoms with Gasteiger partial charge < -0.3 is 9.73 Å². The second-order valence-electron chi connectivity index (χ2n) is 4.88. The number of furan rings is 1. The van der Waals surface area contributed by atoms with Gasteiger partial charge in [0.2, 0.25) is 0 Å². The Hall–Kier alpha value is -2.63. The highest BCUT2D eigenvalue weighted by molar-refractivity contribution is 5.98. The molecular formula is C15H14FN3O2. The van der Waals surface area contributed by atoms with E-state index in [1.54, 1.807) is 37.0 Å². The second kappa shape index (κ2) is 5.05. The van der Waals surface area contributed by atoms with Gasteiger partial charge in [-0.1, -0.05) is 12.1 Å². The number of amides is 1. The molecule has 0 saturated heterocycles. The number of fused-ring (bicyclic) bond motifs is 1. The number of carbonyl (C=O) groups excluding carboxylic acids is 1. The van der Waals surface area contributed by atoms with Crippen molar-refractivity contribution < 1.29 is 13.6 Å². The summed E-state index contributed by atoms with van der Waals surface area (Å²) in [6.45, 7) is 2.08. The molecule has 21 heavy (non-hydrogen) atoms. The molecule has 1 aromatic carbocycles. The summed E-state index contributed by atoms with van der Waals surface area (Å²) in [6, 6.07) is 4.63. The topological polar surface area (TPSA) is 60.1 Å². The third kappa shape index (κ3) is 2.40. The number of nitrogens with one attached hydrogen (secondary N) is 1. The van der Waals surface area contributed by atoms with E-state index < -0.39 is 5.82 Å². The highest BCUT2D eigenvalue weighted by atomic mass is 19.1. The van der Waals surface area contributed by atoms with Crippen LogP contribution in [0.2, 0.25) is 0 Å². The first kappa shape index (κ1) is 13.4. The molecule has 108 valence electrons. The Morgan fingerprint density at radius 3 is 2.95 bits per heavy atom. The van der Waals surface area contributed by atoms with Gasteiger partial charge in [0.15, 0.2) is 17.2 Å². The second-order valence-corrected chi connectivity index (χ2v) is 4.88. The molecule has 1 N–H and O–H groups in total. The number of aryl methyl sites for hydroxylation is 2. The fraction of sp³-hybridized carbons (Fsp3) is 0.200. The van der Waals surface area contributed by atoms with Gasteiger partial charge in [-0.3, -0.25) is 9.48 Å². The number of hydrogen-bond acceptors (Lipinski definition) is 3. The monoisotopic (exact) mass is 287 g/mol. The summed E-state index contributed by atoms with van der Waals surface area (Å²) in [6.07, 6.45) is 3.48. The van der Waals surface area contributed by atoms with Gasteiger partial charge in [0.25, 0.3) is 5.91 Å².